The molecule has 1 aromatic rings. The predicted octanol–water partition coefficient (Wildman–Crippen LogP) is 2.70. The van der Waals surface area contributed by atoms with Gasteiger partial charge in [-0.1, -0.05) is 37.3 Å². The fraction of sp³-hybridized carbons (Fsp3) is 0.647. The summed E-state index contributed by atoms with van der Waals surface area (Å²) in [4.78, 5) is 0. The van der Waals surface area contributed by atoms with Crippen molar-refractivity contribution in [1.82, 2.24) is 10.6 Å². The lowest BCUT2D eigenvalue weighted by atomic mass is 9.72. The number of hydrogen-bond donors (Lipinski definition) is 2. The van der Waals surface area contributed by atoms with Crippen molar-refractivity contribution >= 4 is 0 Å². The van der Waals surface area contributed by atoms with Crippen LogP contribution < -0.4 is 10.6 Å². The van der Waals surface area contributed by atoms with E-state index in [1.165, 1.54) is 31.2 Å². The third-order valence-electron chi connectivity index (χ3n) is 5.05. The molecule has 1 aliphatic heterocycles. The van der Waals surface area contributed by atoms with Crippen LogP contribution >= 0.6 is 0 Å². The van der Waals surface area contributed by atoms with E-state index in [0.717, 1.165) is 31.6 Å². The maximum absolute atomic E-state index is 3.83. The molecule has 1 saturated heterocycles. The molecule has 104 valence electrons. The normalized spacial score (nSPS) is 29.7. The Morgan fingerprint density at radius 2 is 1.84 bits per heavy atom. The summed E-state index contributed by atoms with van der Waals surface area (Å²) in [6.07, 6.45) is 5.24. The zero-order chi connectivity index (χ0) is 13.1. The molecule has 0 atom stereocenters. The maximum atomic E-state index is 3.83. The van der Waals surface area contributed by atoms with Crippen LogP contribution in [0.2, 0.25) is 0 Å². The first-order chi connectivity index (χ1) is 9.28. The molecule has 1 aromatic carbocycles. The number of hydrogen-bond acceptors (Lipinski definition) is 2. The van der Waals surface area contributed by atoms with Crippen LogP contribution in [0.3, 0.4) is 0 Å². The van der Waals surface area contributed by atoms with Gasteiger partial charge < -0.3 is 10.6 Å². The van der Waals surface area contributed by atoms with Crippen molar-refractivity contribution in [1.29, 1.82) is 0 Å². The molecule has 2 aliphatic rings. The van der Waals surface area contributed by atoms with E-state index in [1.54, 1.807) is 0 Å². The molecule has 19 heavy (non-hydrogen) atoms. The van der Waals surface area contributed by atoms with Crippen molar-refractivity contribution in [3.63, 3.8) is 0 Å². The van der Waals surface area contributed by atoms with Crippen molar-refractivity contribution in [2.45, 2.75) is 44.1 Å². The maximum Gasteiger partial charge on any atom is 0.0102 e. The Morgan fingerprint density at radius 1 is 1.16 bits per heavy atom. The summed E-state index contributed by atoms with van der Waals surface area (Å²) >= 11 is 0. The number of piperidine rings is 1. The Bertz CT molecular complexity index is 389. The summed E-state index contributed by atoms with van der Waals surface area (Å²) < 4.78 is 0. The number of nitrogens with one attached hydrogen (secondary N) is 2. The smallest absolute Gasteiger partial charge is 0.0102 e. The van der Waals surface area contributed by atoms with E-state index in [9.17, 15) is 0 Å². The van der Waals surface area contributed by atoms with E-state index < -0.39 is 0 Å². The van der Waals surface area contributed by atoms with E-state index in [0.29, 0.717) is 5.41 Å². The Balaban J connectivity index is 1.69. The largest absolute Gasteiger partial charge is 0.317 e. The number of benzene rings is 1. The molecule has 0 unspecified atom stereocenters. The van der Waals surface area contributed by atoms with E-state index in [-0.39, 0.29) is 0 Å². The van der Waals surface area contributed by atoms with Gasteiger partial charge in [0.15, 0.2) is 0 Å². The summed E-state index contributed by atoms with van der Waals surface area (Å²) in [6.45, 7) is 5.81. The van der Waals surface area contributed by atoms with Crippen LogP contribution in [0.15, 0.2) is 30.3 Å². The van der Waals surface area contributed by atoms with E-state index in [1.807, 2.05) is 0 Å². The first-order valence-corrected chi connectivity index (χ1v) is 7.78. The zero-order valence-electron chi connectivity index (χ0n) is 12.0. The van der Waals surface area contributed by atoms with Gasteiger partial charge in [-0.05, 0) is 50.3 Å². The van der Waals surface area contributed by atoms with Gasteiger partial charge >= 0.3 is 0 Å². The minimum absolute atomic E-state index is 0.353. The number of rotatable bonds is 4. The lowest BCUT2D eigenvalue weighted by molar-refractivity contribution is 0.207. The summed E-state index contributed by atoms with van der Waals surface area (Å²) in [5, 5.41) is 7.33. The molecule has 2 N–H and O–H groups in total. The average molecular weight is 258 g/mol. The minimum atomic E-state index is 0.353. The van der Waals surface area contributed by atoms with Gasteiger partial charge in [0.1, 0.15) is 0 Å². The molecule has 3 rings (SSSR count). The van der Waals surface area contributed by atoms with E-state index in [2.05, 4.69) is 47.9 Å². The van der Waals surface area contributed by atoms with Crippen molar-refractivity contribution in [2.24, 2.45) is 5.92 Å². The van der Waals surface area contributed by atoms with Crippen LogP contribution in [0.5, 0.6) is 0 Å². The Morgan fingerprint density at radius 3 is 2.47 bits per heavy atom. The fourth-order valence-corrected chi connectivity index (χ4v) is 3.67. The lowest BCUT2D eigenvalue weighted by Gasteiger charge is -2.42. The van der Waals surface area contributed by atoms with Crippen LogP contribution in [0.4, 0.5) is 0 Å². The van der Waals surface area contributed by atoms with Gasteiger partial charge in [-0.25, -0.2) is 0 Å². The molecular formula is C17H26N2. The highest BCUT2D eigenvalue weighted by atomic mass is 15.0. The molecule has 0 spiro atoms. The first kappa shape index (κ1) is 13.1. The SMILES string of the molecule is CC1CC(NCC2(c3ccccc3)CCNCC2)C1. The molecule has 2 heteroatoms. The van der Waals surface area contributed by atoms with E-state index >= 15 is 0 Å². The average Bonchev–Trinajstić information content (AvgIpc) is 2.44. The van der Waals surface area contributed by atoms with Gasteiger partial charge in [-0.3, -0.25) is 0 Å². The highest BCUT2D eigenvalue weighted by Crippen LogP contribution is 2.34. The van der Waals surface area contributed by atoms with Gasteiger partial charge in [0, 0.05) is 18.0 Å². The molecule has 1 aliphatic carbocycles. The molecular weight excluding hydrogens is 232 g/mol. The van der Waals surface area contributed by atoms with Gasteiger partial charge in [0.05, 0.1) is 0 Å². The third-order valence-corrected chi connectivity index (χ3v) is 5.05. The Kier molecular flexibility index (Phi) is 3.90. The minimum Gasteiger partial charge on any atom is -0.317 e. The van der Waals surface area contributed by atoms with Crippen molar-refractivity contribution in [2.75, 3.05) is 19.6 Å². The monoisotopic (exact) mass is 258 g/mol. The highest BCUT2D eigenvalue weighted by molar-refractivity contribution is 5.27. The Hall–Kier alpha value is -0.860. The second-order valence-corrected chi connectivity index (χ2v) is 6.55. The lowest BCUT2D eigenvalue weighted by Crippen LogP contribution is -2.51. The third kappa shape index (κ3) is 2.85. The van der Waals surface area contributed by atoms with Crippen molar-refractivity contribution in [3.8, 4) is 0 Å². The first-order valence-electron chi connectivity index (χ1n) is 7.78. The van der Waals surface area contributed by atoms with Crippen molar-refractivity contribution < 1.29 is 0 Å². The molecule has 2 nitrogen and oxygen atoms in total. The molecule has 0 aromatic heterocycles. The molecule has 0 amide bonds. The van der Waals surface area contributed by atoms with Gasteiger partial charge in [-0.2, -0.15) is 0 Å². The van der Waals surface area contributed by atoms with Gasteiger partial charge in [0.2, 0.25) is 0 Å². The fourth-order valence-electron chi connectivity index (χ4n) is 3.67. The topological polar surface area (TPSA) is 24.1 Å². The van der Waals surface area contributed by atoms with Crippen molar-refractivity contribution in [3.05, 3.63) is 35.9 Å². The van der Waals surface area contributed by atoms with Crippen LogP contribution in [-0.4, -0.2) is 25.7 Å². The zero-order valence-corrected chi connectivity index (χ0v) is 12.0. The molecule has 0 bridgehead atoms. The summed E-state index contributed by atoms with van der Waals surface area (Å²) in [5.74, 6) is 0.929. The Labute approximate surface area is 117 Å². The van der Waals surface area contributed by atoms with E-state index in [4.69, 9.17) is 0 Å². The van der Waals surface area contributed by atoms with Gasteiger partial charge in [0.25, 0.3) is 0 Å². The van der Waals surface area contributed by atoms with Crippen LogP contribution in [0.25, 0.3) is 0 Å². The highest BCUT2D eigenvalue weighted by Gasteiger charge is 2.35. The standard InChI is InChI=1S/C17H26N2/c1-14-11-16(12-14)19-13-17(7-9-18-10-8-17)15-5-3-2-4-6-15/h2-6,14,16,18-19H,7-13H2,1H3. The summed E-state index contributed by atoms with van der Waals surface area (Å²) in [6, 6.07) is 11.9. The predicted molar refractivity (Wildman–Crippen MR) is 80.4 cm³/mol. The van der Waals surface area contributed by atoms with Crippen LogP contribution in [-0.2, 0) is 5.41 Å². The quantitative estimate of drug-likeness (QED) is 0.867. The second-order valence-electron chi connectivity index (χ2n) is 6.55. The molecule has 0 radical (unpaired) electrons. The molecule has 1 heterocycles. The molecule has 2 fully saturated rings. The molecule has 1 saturated carbocycles. The second kappa shape index (κ2) is 5.64. The van der Waals surface area contributed by atoms with Crippen LogP contribution in [0, 0.1) is 5.92 Å². The van der Waals surface area contributed by atoms with Gasteiger partial charge in [-0.15, -0.1) is 0 Å². The summed E-state index contributed by atoms with van der Waals surface area (Å²) in [7, 11) is 0. The van der Waals surface area contributed by atoms with Crippen LogP contribution in [0.1, 0.15) is 38.2 Å². The summed E-state index contributed by atoms with van der Waals surface area (Å²) in [5.41, 5.74) is 1.88.